The summed E-state index contributed by atoms with van der Waals surface area (Å²) in [6, 6.07) is 5.60. The van der Waals surface area contributed by atoms with E-state index in [2.05, 4.69) is 21.8 Å². The lowest BCUT2D eigenvalue weighted by molar-refractivity contribution is 0.471. The molecule has 28 heavy (non-hydrogen) atoms. The van der Waals surface area contributed by atoms with Crippen LogP contribution in [0, 0.1) is 19.8 Å². The largest absolute Gasteiger partial charge is 0.508 e. The second-order valence-corrected chi connectivity index (χ2v) is 7.23. The van der Waals surface area contributed by atoms with Crippen LogP contribution in [0.1, 0.15) is 38.3 Å². The number of nitrogens with two attached hydrogens (primary N) is 1. The number of nitrogen functional groups attached to an aromatic ring is 1. The molecule has 4 rings (SSSR count). The van der Waals surface area contributed by atoms with Gasteiger partial charge < -0.3 is 15.7 Å². The summed E-state index contributed by atoms with van der Waals surface area (Å²) in [7, 11) is 0. The van der Waals surface area contributed by atoms with Crippen LogP contribution in [0.5, 0.6) is 5.75 Å². The second kappa shape index (κ2) is 8.00. The van der Waals surface area contributed by atoms with Gasteiger partial charge in [-0.15, -0.1) is 0 Å². The van der Waals surface area contributed by atoms with E-state index in [1.54, 1.807) is 6.07 Å². The maximum atomic E-state index is 10.2. The van der Waals surface area contributed by atoms with Gasteiger partial charge in [-0.25, -0.2) is 15.0 Å². The molecular formula is C22H29N5O. The molecule has 1 aromatic carbocycles. The average Bonchev–Trinajstić information content (AvgIpc) is 3.13. The molecule has 1 aliphatic heterocycles. The Bertz CT molecular complexity index is 1000. The Labute approximate surface area is 166 Å². The van der Waals surface area contributed by atoms with Crippen LogP contribution in [0.2, 0.25) is 0 Å². The van der Waals surface area contributed by atoms with Gasteiger partial charge in [0.25, 0.3) is 0 Å². The van der Waals surface area contributed by atoms with E-state index in [-0.39, 0.29) is 5.75 Å². The van der Waals surface area contributed by atoms with Crippen molar-refractivity contribution in [2.75, 3.05) is 23.7 Å². The van der Waals surface area contributed by atoms with Gasteiger partial charge in [0.05, 0.1) is 5.69 Å². The van der Waals surface area contributed by atoms with Gasteiger partial charge in [-0.1, -0.05) is 26.8 Å². The molecule has 0 radical (unpaired) electrons. The van der Waals surface area contributed by atoms with Crippen molar-refractivity contribution in [3.05, 3.63) is 35.7 Å². The molecule has 3 aromatic rings. The van der Waals surface area contributed by atoms with Crippen molar-refractivity contribution in [2.45, 2.75) is 41.0 Å². The predicted molar refractivity (Wildman–Crippen MR) is 116 cm³/mol. The Balaban J connectivity index is 0.00000109. The summed E-state index contributed by atoms with van der Waals surface area (Å²) in [6.07, 6.45) is 2.62. The molecule has 6 nitrogen and oxygen atoms in total. The highest BCUT2D eigenvalue weighted by atomic mass is 16.3. The number of benzene rings is 1. The van der Waals surface area contributed by atoms with E-state index in [1.807, 2.05) is 39.8 Å². The van der Waals surface area contributed by atoms with Crippen LogP contribution in [-0.2, 0) is 0 Å². The minimum atomic E-state index is 0.253. The van der Waals surface area contributed by atoms with Gasteiger partial charge in [-0.05, 0) is 43.9 Å². The molecule has 0 spiro atoms. The van der Waals surface area contributed by atoms with Gasteiger partial charge in [0, 0.05) is 29.6 Å². The Kier molecular flexibility index (Phi) is 5.68. The number of aromatic nitrogens is 3. The zero-order valence-corrected chi connectivity index (χ0v) is 17.3. The van der Waals surface area contributed by atoms with Crippen molar-refractivity contribution in [3.8, 4) is 17.0 Å². The lowest BCUT2D eigenvalue weighted by Gasteiger charge is -2.20. The van der Waals surface area contributed by atoms with Crippen molar-refractivity contribution in [1.29, 1.82) is 0 Å². The molecule has 0 unspecified atom stereocenters. The Morgan fingerprint density at radius 3 is 2.61 bits per heavy atom. The third-order valence-electron chi connectivity index (χ3n) is 5.27. The highest BCUT2D eigenvalue weighted by Crippen LogP contribution is 2.37. The van der Waals surface area contributed by atoms with Gasteiger partial charge in [0.15, 0.2) is 0 Å². The smallest absolute Gasteiger partial charge is 0.134 e. The first-order chi connectivity index (χ1) is 13.5. The Morgan fingerprint density at radius 1 is 1.18 bits per heavy atom. The van der Waals surface area contributed by atoms with Gasteiger partial charge in [-0.3, -0.25) is 0 Å². The van der Waals surface area contributed by atoms with E-state index in [0.717, 1.165) is 53.1 Å². The highest BCUT2D eigenvalue weighted by Gasteiger charge is 2.23. The molecule has 1 aliphatic rings. The van der Waals surface area contributed by atoms with Crippen molar-refractivity contribution < 1.29 is 5.11 Å². The molecule has 0 bridgehead atoms. The number of phenolic OH excluding ortho intramolecular Hbond substituents is 1. The van der Waals surface area contributed by atoms with E-state index < -0.39 is 0 Å². The maximum absolute atomic E-state index is 10.2. The number of aryl methyl sites for hydroxylation is 1. The van der Waals surface area contributed by atoms with Crippen LogP contribution in [0.25, 0.3) is 22.2 Å². The van der Waals surface area contributed by atoms with Crippen molar-refractivity contribution in [1.82, 2.24) is 15.0 Å². The molecule has 1 fully saturated rings. The number of aromatic hydroxyl groups is 1. The molecule has 1 atom stereocenters. The SMILES string of the molecule is CC.Cc1ccc(O)c(C)c1-c1nc(N2CC[C@@H](C)C2)cc2c(N)ncnc12. The average molecular weight is 380 g/mol. The normalized spacial score (nSPS) is 16.2. The summed E-state index contributed by atoms with van der Waals surface area (Å²) < 4.78 is 0. The molecule has 6 heteroatoms. The van der Waals surface area contributed by atoms with Gasteiger partial charge in [-0.2, -0.15) is 0 Å². The van der Waals surface area contributed by atoms with E-state index in [0.29, 0.717) is 17.3 Å². The van der Waals surface area contributed by atoms with Gasteiger partial charge >= 0.3 is 0 Å². The van der Waals surface area contributed by atoms with Crippen LogP contribution in [-0.4, -0.2) is 33.1 Å². The van der Waals surface area contributed by atoms with E-state index in [9.17, 15) is 5.11 Å². The van der Waals surface area contributed by atoms with Crippen molar-refractivity contribution >= 4 is 22.5 Å². The summed E-state index contributed by atoms with van der Waals surface area (Å²) in [5.74, 6) is 2.23. The van der Waals surface area contributed by atoms with Crippen molar-refractivity contribution in [3.63, 3.8) is 0 Å². The molecule has 2 aromatic heterocycles. The highest BCUT2D eigenvalue weighted by molar-refractivity contribution is 5.99. The third kappa shape index (κ3) is 3.46. The molecule has 3 N–H and O–H groups in total. The third-order valence-corrected chi connectivity index (χ3v) is 5.27. The van der Waals surface area contributed by atoms with Gasteiger partial charge in [0.1, 0.15) is 29.2 Å². The fourth-order valence-electron chi connectivity index (χ4n) is 3.75. The molecule has 0 aliphatic carbocycles. The molecular weight excluding hydrogens is 350 g/mol. The predicted octanol–water partition coefficient (Wildman–Crippen LogP) is 4.47. The summed E-state index contributed by atoms with van der Waals surface area (Å²) in [6.45, 7) is 12.1. The topological polar surface area (TPSA) is 88.2 Å². The fourth-order valence-corrected chi connectivity index (χ4v) is 3.75. The quantitative estimate of drug-likeness (QED) is 0.683. The molecule has 1 saturated heterocycles. The number of phenols is 1. The minimum Gasteiger partial charge on any atom is -0.508 e. The lowest BCUT2D eigenvalue weighted by atomic mass is 9.97. The zero-order chi connectivity index (χ0) is 20.4. The summed E-state index contributed by atoms with van der Waals surface area (Å²) in [5.41, 5.74) is 10.4. The summed E-state index contributed by atoms with van der Waals surface area (Å²) >= 11 is 0. The number of rotatable bonds is 2. The maximum Gasteiger partial charge on any atom is 0.134 e. The summed E-state index contributed by atoms with van der Waals surface area (Å²) in [4.78, 5) is 15.9. The Morgan fingerprint density at radius 2 is 1.93 bits per heavy atom. The number of anilines is 2. The van der Waals surface area contributed by atoms with Crippen LogP contribution < -0.4 is 10.6 Å². The molecule has 3 heterocycles. The second-order valence-electron chi connectivity index (χ2n) is 7.23. The fraction of sp³-hybridized carbons (Fsp3) is 0.409. The van der Waals surface area contributed by atoms with E-state index >= 15 is 0 Å². The Hall–Kier alpha value is -2.89. The standard InChI is InChI=1S/C20H23N5O.C2H6/c1-11-6-7-25(9-11)16-8-14-18(22-10-23-20(14)21)19(24-16)17-12(2)4-5-15(26)13(17)3;1-2/h4-5,8,10-11,26H,6-7,9H2,1-3H3,(H2,21,22,23);1-2H3/t11-;/m1./s1. The first-order valence-corrected chi connectivity index (χ1v) is 9.91. The summed E-state index contributed by atoms with van der Waals surface area (Å²) in [5, 5.41) is 11.0. The van der Waals surface area contributed by atoms with Crippen LogP contribution >= 0.6 is 0 Å². The van der Waals surface area contributed by atoms with Gasteiger partial charge in [0.2, 0.25) is 0 Å². The first-order valence-electron chi connectivity index (χ1n) is 9.91. The molecule has 0 amide bonds. The van der Waals surface area contributed by atoms with Crippen LogP contribution in [0.15, 0.2) is 24.5 Å². The number of pyridine rings is 1. The number of nitrogens with zero attached hydrogens (tertiary/aromatic N) is 4. The molecule has 148 valence electrons. The monoisotopic (exact) mass is 379 g/mol. The number of hydrogen-bond donors (Lipinski definition) is 2. The van der Waals surface area contributed by atoms with E-state index in [1.165, 1.54) is 6.33 Å². The van der Waals surface area contributed by atoms with Crippen LogP contribution in [0.3, 0.4) is 0 Å². The first kappa shape index (κ1) is 19.9. The van der Waals surface area contributed by atoms with Crippen LogP contribution in [0.4, 0.5) is 11.6 Å². The zero-order valence-electron chi connectivity index (χ0n) is 17.3. The lowest BCUT2D eigenvalue weighted by Crippen LogP contribution is -2.20. The van der Waals surface area contributed by atoms with E-state index in [4.69, 9.17) is 10.7 Å². The minimum absolute atomic E-state index is 0.253. The number of hydrogen-bond acceptors (Lipinski definition) is 6. The van der Waals surface area contributed by atoms with Crippen molar-refractivity contribution in [2.24, 2.45) is 5.92 Å². The number of fused-ring (bicyclic) bond motifs is 1. The molecule has 0 saturated carbocycles.